The van der Waals surface area contributed by atoms with Gasteiger partial charge in [-0.25, -0.2) is 0 Å². The van der Waals surface area contributed by atoms with Crippen molar-refractivity contribution in [3.05, 3.63) is 53.6 Å². The van der Waals surface area contributed by atoms with Crippen LogP contribution in [0, 0.1) is 6.92 Å². The number of carbonyl (C=O) groups excluding carboxylic acids is 1. The van der Waals surface area contributed by atoms with Gasteiger partial charge in [-0.05, 0) is 61.1 Å². The van der Waals surface area contributed by atoms with E-state index >= 15 is 0 Å². The minimum absolute atomic E-state index is 0.0264. The topological polar surface area (TPSA) is 47.6 Å². The summed E-state index contributed by atoms with van der Waals surface area (Å²) in [6, 6.07) is 13.8. The summed E-state index contributed by atoms with van der Waals surface area (Å²) in [5.41, 5.74) is 3.31. The van der Waals surface area contributed by atoms with Crippen LogP contribution in [0.2, 0.25) is 0 Å². The summed E-state index contributed by atoms with van der Waals surface area (Å²) in [6.07, 6.45) is 3.15. The van der Waals surface area contributed by atoms with Crippen LogP contribution in [0.5, 0.6) is 11.5 Å². The van der Waals surface area contributed by atoms with Crippen molar-refractivity contribution in [1.29, 1.82) is 0 Å². The number of ether oxygens (including phenoxy) is 2. The Hall–Kier alpha value is -2.49. The largest absolute Gasteiger partial charge is 0.494 e. The number of carbonyl (C=O) groups is 1. The van der Waals surface area contributed by atoms with E-state index in [4.69, 9.17) is 9.47 Å². The Balaban J connectivity index is 1.77. The molecule has 2 aromatic rings. The molecule has 0 aliphatic carbocycles. The van der Waals surface area contributed by atoms with Crippen LogP contribution in [0.1, 0.15) is 63.5 Å². The Labute approximate surface area is 169 Å². The van der Waals surface area contributed by atoms with E-state index in [1.165, 1.54) is 11.1 Å². The molecular formula is C24H33NO3. The number of hydrogen-bond donors (Lipinski definition) is 1. The molecule has 0 saturated heterocycles. The third-order valence-electron chi connectivity index (χ3n) is 4.60. The average Bonchev–Trinajstić information content (AvgIpc) is 2.66. The van der Waals surface area contributed by atoms with Crippen molar-refractivity contribution in [1.82, 2.24) is 0 Å². The molecule has 2 rings (SSSR count). The van der Waals surface area contributed by atoms with E-state index in [0.717, 1.165) is 30.0 Å². The highest BCUT2D eigenvalue weighted by Crippen LogP contribution is 2.25. The average molecular weight is 384 g/mol. The molecule has 0 radical (unpaired) electrons. The number of nitrogens with one attached hydrogen (secondary N) is 1. The van der Waals surface area contributed by atoms with Crippen LogP contribution in [0.15, 0.2) is 42.5 Å². The maximum atomic E-state index is 12.3. The van der Waals surface area contributed by atoms with Gasteiger partial charge in [-0.1, -0.05) is 45.4 Å². The maximum Gasteiger partial charge on any atom is 0.224 e. The maximum absolute atomic E-state index is 12.3. The Kier molecular flexibility index (Phi) is 8.86. The molecule has 0 saturated carbocycles. The number of amides is 1. The highest BCUT2D eigenvalue weighted by atomic mass is 16.5. The van der Waals surface area contributed by atoms with Crippen molar-refractivity contribution in [3.8, 4) is 11.5 Å². The second-order valence-electron chi connectivity index (χ2n) is 7.37. The highest BCUT2D eigenvalue weighted by molar-refractivity contribution is 5.92. The van der Waals surface area contributed by atoms with Gasteiger partial charge in [0.05, 0.1) is 18.9 Å². The Morgan fingerprint density at radius 3 is 2.50 bits per heavy atom. The lowest BCUT2D eigenvalue weighted by atomic mass is 9.98. The van der Waals surface area contributed by atoms with Crippen LogP contribution in [0.4, 0.5) is 5.69 Å². The van der Waals surface area contributed by atoms with Gasteiger partial charge in [0.25, 0.3) is 0 Å². The first-order valence-electron chi connectivity index (χ1n) is 10.3. The molecular weight excluding hydrogens is 350 g/mol. The second kappa shape index (κ2) is 11.4. The van der Waals surface area contributed by atoms with Crippen molar-refractivity contribution in [2.75, 3.05) is 18.5 Å². The van der Waals surface area contributed by atoms with Crippen LogP contribution in [-0.2, 0) is 4.79 Å². The summed E-state index contributed by atoms with van der Waals surface area (Å²) < 4.78 is 11.6. The SMILES string of the molecule is CCCCOc1ccccc1NC(=O)CCCOc1ccc(C(C)C)c(C)c1. The van der Waals surface area contributed by atoms with E-state index in [1.807, 2.05) is 30.3 Å². The van der Waals surface area contributed by atoms with Crippen LogP contribution in [-0.4, -0.2) is 19.1 Å². The number of anilines is 1. The lowest BCUT2D eigenvalue weighted by molar-refractivity contribution is -0.116. The van der Waals surface area contributed by atoms with Gasteiger partial charge in [0.15, 0.2) is 0 Å². The molecule has 0 bridgehead atoms. The minimum atomic E-state index is -0.0264. The predicted molar refractivity (Wildman–Crippen MR) is 115 cm³/mol. The first-order chi connectivity index (χ1) is 13.5. The fourth-order valence-electron chi connectivity index (χ4n) is 3.04. The molecule has 1 amide bonds. The first kappa shape index (κ1) is 21.8. The van der Waals surface area contributed by atoms with E-state index in [9.17, 15) is 4.79 Å². The van der Waals surface area contributed by atoms with Crippen molar-refractivity contribution in [3.63, 3.8) is 0 Å². The zero-order valence-electron chi connectivity index (χ0n) is 17.6. The van der Waals surface area contributed by atoms with Crippen LogP contribution < -0.4 is 14.8 Å². The number of hydrogen-bond acceptors (Lipinski definition) is 3. The van der Waals surface area contributed by atoms with E-state index in [2.05, 4.69) is 45.1 Å². The van der Waals surface area contributed by atoms with Gasteiger partial charge in [-0.15, -0.1) is 0 Å². The van der Waals surface area contributed by atoms with Crippen LogP contribution in [0.25, 0.3) is 0 Å². The zero-order valence-corrected chi connectivity index (χ0v) is 17.6. The number of rotatable bonds is 11. The summed E-state index contributed by atoms with van der Waals surface area (Å²) in [7, 11) is 0. The summed E-state index contributed by atoms with van der Waals surface area (Å²) in [5.74, 6) is 2.06. The van der Waals surface area contributed by atoms with Gasteiger partial charge in [-0.3, -0.25) is 4.79 Å². The predicted octanol–water partition coefficient (Wildman–Crippen LogP) is 6.10. The zero-order chi connectivity index (χ0) is 20.4. The van der Waals surface area contributed by atoms with Gasteiger partial charge in [-0.2, -0.15) is 0 Å². The fourth-order valence-corrected chi connectivity index (χ4v) is 3.04. The third kappa shape index (κ3) is 6.91. The van der Waals surface area contributed by atoms with E-state index in [-0.39, 0.29) is 5.91 Å². The molecule has 0 fully saturated rings. The Morgan fingerprint density at radius 1 is 1.04 bits per heavy atom. The second-order valence-corrected chi connectivity index (χ2v) is 7.37. The molecule has 2 aromatic carbocycles. The molecule has 4 nitrogen and oxygen atoms in total. The Morgan fingerprint density at radius 2 is 1.79 bits per heavy atom. The number of aryl methyl sites for hydroxylation is 1. The van der Waals surface area contributed by atoms with Gasteiger partial charge >= 0.3 is 0 Å². The van der Waals surface area contributed by atoms with Crippen molar-refractivity contribution in [2.24, 2.45) is 0 Å². The summed E-state index contributed by atoms with van der Waals surface area (Å²) >= 11 is 0. The highest BCUT2D eigenvalue weighted by Gasteiger charge is 2.08. The monoisotopic (exact) mass is 383 g/mol. The molecule has 152 valence electrons. The number of para-hydroxylation sites is 2. The van der Waals surface area contributed by atoms with Gasteiger partial charge < -0.3 is 14.8 Å². The smallest absolute Gasteiger partial charge is 0.224 e. The summed E-state index contributed by atoms with van der Waals surface area (Å²) in [4.78, 5) is 12.3. The number of benzene rings is 2. The molecule has 28 heavy (non-hydrogen) atoms. The lowest BCUT2D eigenvalue weighted by Gasteiger charge is -2.13. The van der Waals surface area contributed by atoms with Gasteiger partial charge in [0.2, 0.25) is 5.91 Å². The molecule has 4 heteroatoms. The van der Waals surface area contributed by atoms with Crippen molar-refractivity contribution in [2.45, 2.75) is 59.3 Å². The van der Waals surface area contributed by atoms with Crippen LogP contribution >= 0.6 is 0 Å². The normalized spacial score (nSPS) is 10.8. The van der Waals surface area contributed by atoms with E-state index < -0.39 is 0 Å². The van der Waals surface area contributed by atoms with Crippen molar-refractivity contribution < 1.29 is 14.3 Å². The summed E-state index contributed by atoms with van der Waals surface area (Å²) in [5, 5.41) is 2.95. The van der Waals surface area contributed by atoms with E-state index in [0.29, 0.717) is 32.0 Å². The van der Waals surface area contributed by atoms with Crippen LogP contribution in [0.3, 0.4) is 0 Å². The molecule has 0 spiro atoms. The van der Waals surface area contributed by atoms with Crippen molar-refractivity contribution >= 4 is 11.6 Å². The Bertz CT molecular complexity index is 755. The molecule has 0 unspecified atom stereocenters. The molecule has 0 aliphatic rings. The first-order valence-corrected chi connectivity index (χ1v) is 10.3. The summed E-state index contributed by atoms with van der Waals surface area (Å²) in [6.45, 7) is 9.78. The third-order valence-corrected chi connectivity index (χ3v) is 4.60. The quantitative estimate of drug-likeness (QED) is 0.477. The fraction of sp³-hybridized carbons (Fsp3) is 0.458. The standard InChI is InChI=1S/C24H33NO3/c1-5-6-15-28-23-11-8-7-10-22(23)25-24(26)12-9-16-27-20-13-14-21(18(2)3)19(4)17-20/h7-8,10-11,13-14,17-18H,5-6,9,12,15-16H2,1-4H3,(H,25,26). The number of unbranched alkanes of at least 4 members (excludes halogenated alkanes) is 1. The lowest BCUT2D eigenvalue weighted by Crippen LogP contribution is -2.14. The van der Waals surface area contributed by atoms with Gasteiger partial charge in [0, 0.05) is 6.42 Å². The molecule has 0 heterocycles. The minimum Gasteiger partial charge on any atom is -0.494 e. The molecule has 0 aromatic heterocycles. The van der Waals surface area contributed by atoms with Gasteiger partial charge in [0.1, 0.15) is 11.5 Å². The molecule has 0 atom stereocenters. The van der Waals surface area contributed by atoms with E-state index in [1.54, 1.807) is 0 Å². The molecule has 0 aliphatic heterocycles. The molecule has 1 N–H and O–H groups in total.